The molecular formula is C10H19F2N3. The lowest BCUT2D eigenvalue weighted by atomic mass is 10.1. The zero-order chi connectivity index (χ0) is 10.9. The van der Waals surface area contributed by atoms with Gasteiger partial charge in [-0.25, -0.2) is 8.78 Å². The molecule has 5 heteroatoms. The van der Waals surface area contributed by atoms with E-state index in [-0.39, 0.29) is 13.1 Å². The molecule has 0 aliphatic carbocycles. The highest BCUT2D eigenvalue weighted by Gasteiger charge is 2.43. The summed E-state index contributed by atoms with van der Waals surface area (Å²) >= 11 is 0. The smallest absolute Gasteiger partial charge is 0.272 e. The first kappa shape index (κ1) is 11.2. The van der Waals surface area contributed by atoms with Gasteiger partial charge in [0.1, 0.15) is 0 Å². The van der Waals surface area contributed by atoms with E-state index >= 15 is 0 Å². The second-order valence-corrected chi connectivity index (χ2v) is 4.77. The molecule has 2 aliphatic heterocycles. The van der Waals surface area contributed by atoms with Gasteiger partial charge in [-0.05, 0) is 13.5 Å². The Morgan fingerprint density at radius 2 is 2.13 bits per heavy atom. The summed E-state index contributed by atoms with van der Waals surface area (Å²) in [6.45, 7) is 3.83. The molecule has 0 aromatic rings. The van der Waals surface area contributed by atoms with Crippen molar-refractivity contribution in [2.75, 3.05) is 46.3 Å². The Labute approximate surface area is 89.4 Å². The summed E-state index contributed by atoms with van der Waals surface area (Å²) < 4.78 is 25.1. The van der Waals surface area contributed by atoms with Crippen molar-refractivity contribution in [3.8, 4) is 0 Å². The van der Waals surface area contributed by atoms with Crippen LogP contribution in [0.5, 0.6) is 0 Å². The number of piperazine rings is 1. The fourth-order valence-corrected chi connectivity index (χ4v) is 2.29. The Bertz CT molecular complexity index is 215. The number of alkyl halides is 2. The first-order chi connectivity index (χ1) is 7.05. The Hall–Kier alpha value is -0.260. The third-order valence-corrected chi connectivity index (χ3v) is 3.16. The van der Waals surface area contributed by atoms with Crippen LogP contribution in [0.3, 0.4) is 0 Å². The molecule has 2 fully saturated rings. The number of hydrogen-bond donors (Lipinski definition) is 1. The zero-order valence-corrected chi connectivity index (χ0v) is 9.18. The highest BCUT2D eigenvalue weighted by atomic mass is 19.3. The Morgan fingerprint density at radius 3 is 2.73 bits per heavy atom. The number of likely N-dealkylation sites (N-methyl/N-ethyl adjacent to an activating group) is 1. The van der Waals surface area contributed by atoms with Gasteiger partial charge in [0.15, 0.2) is 0 Å². The van der Waals surface area contributed by atoms with Gasteiger partial charge < -0.3 is 10.2 Å². The molecule has 2 rings (SSSR count). The van der Waals surface area contributed by atoms with Gasteiger partial charge in [0, 0.05) is 32.2 Å². The minimum Gasteiger partial charge on any atom is -0.311 e. The van der Waals surface area contributed by atoms with Crippen molar-refractivity contribution in [1.29, 1.82) is 0 Å². The number of likely N-dealkylation sites (tertiary alicyclic amines) is 1. The average molecular weight is 219 g/mol. The third kappa shape index (κ3) is 3.09. The van der Waals surface area contributed by atoms with Crippen molar-refractivity contribution in [1.82, 2.24) is 15.1 Å². The summed E-state index contributed by atoms with van der Waals surface area (Å²) in [5.41, 5.74) is 0. The van der Waals surface area contributed by atoms with Crippen LogP contribution in [0.2, 0.25) is 0 Å². The lowest BCUT2D eigenvalue weighted by Gasteiger charge is -2.40. The zero-order valence-electron chi connectivity index (χ0n) is 9.18. The molecule has 0 spiro atoms. The molecule has 0 bridgehead atoms. The molecule has 2 saturated heterocycles. The summed E-state index contributed by atoms with van der Waals surface area (Å²) in [7, 11) is 2.10. The van der Waals surface area contributed by atoms with Crippen molar-refractivity contribution in [2.24, 2.45) is 0 Å². The molecule has 0 radical (unpaired) electrons. The van der Waals surface area contributed by atoms with Crippen molar-refractivity contribution < 1.29 is 8.78 Å². The largest absolute Gasteiger partial charge is 0.311 e. The van der Waals surface area contributed by atoms with Gasteiger partial charge in [0.25, 0.3) is 5.92 Å². The molecule has 2 heterocycles. The van der Waals surface area contributed by atoms with Gasteiger partial charge in [-0.3, -0.25) is 4.90 Å². The van der Waals surface area contributed by atoms with Crippen LogP contribution in [0.25, 0.3) is 0 Å². The van der Waals surface area contributed by atoms with Crippen molar-refractivity contribution in [3.05, 3.63) is 0 Å². The summed E-state index contributed by atoms with van der Waals surface area (Å²) in [5, 5.41) is 3.42. The van der Waals surface area contributed by atoms with Crippen LogP contribution in [0.1, 0.15) is 6.42 Å². The van der Waals surface area contributed by atoms with Crippen molar-refractivity contribution in [3.63, 3.8) is 0 Å². The molecule has 88 valence electrons. The number of nitrogens with zero attached hydrogens (tertiary/aromatic N) is 2. The molecule has 0 unspecified atom stereocenters. The molecule has 2 aliphatic rings. The molecule has 1 atom stereocenters. The quantitative estimate of drug-likeness (QED) is 0.733. The highest BCUT2D eigenvalue weighted by molar-refractivity contribution is 4.88. The third-order valence-electron chi connectivity index (χ3n) is 3.16. The van der Waals surface area contributed by atoms with E-state index in [9.17, 15) is 8.78 Å². The maximum atomic E-state index is 12.6. The SMILES string of the molecule is CN1CCN[C@@H](CCN2CC(F)(F)C2)C1. The molecule has 0 amide bonds. The van der Waals surface area contributed by atoms with Crippen LogP contribution in [0, 0.1) is 0 Å². The monoisotopic (exact) mass is 219 g/mol. The van der Waals surface area contributed by atoms with Crippen molar-refractivity contribution in [2.45, 2.75) is 18.4 Å². The van der Waals surface area contributed by atoms with Crippen LogP contribution in [0.4, 0.5) is 8.78 Å². The van der Waals surface area contributed by atoms with E-state index in [0.717, 1.165) is 32.6 Å². The first-order valence-corrected chi connectivity index (χ1v) is 5.57. The fourth-order valence-electron chi connectivity index (χ4n) is 2.29. The topological polar surface area (TPSA) is 18.5 Å². The van der Waals surface area contributed by atoms with Crippen LogP contribution in [-0.4, -0.2) is 68.1 Å². The number of hydrogen-bond acceptors (Lipinski definition) is 3. The summed E-state index contributed by atoms with van der Waals surface area (Å²) in [6.07, 6.45) is 0.973. The van der Waals surface area contributed by atoms with Crippen molar-refractivity contribution >= 4 is 0 Å². The molecular weight excluding hydrogens is 200 g/mol. The molecule has 0 aromatic carbocycles. The second kappa shape index (κ2) is 4.31. The lowest BCUT2D eigenvalue weighted by molar-refractivity contribution is -0.131. The molecule has 3 nitrogen and oxygen atoms in total. The summed E-state index contributed by atoms with van der Waals surface area (Å²) in [6, 6.07) is 0.470. The Morgan fingerprint density at radius 1 is 1.40 bits per heavy atom. The first-order valence-electron chi connectivity index (χ1n) is 5.57. The van der Waals surface area contributed by atoms with E-state index in [0.29, 0.717) is 6.04 Å². The fraction of sp³-hybridized carbons (Fsp3) is 1.00. The lowest BCUT2D eigenvalue weighted by Crippen LogP contribution is -2.57. The van der Waals surface area contributed by atoms with E-state index in [2.05, 4.69) is 17.3 Å². The number of nitrogens with one attached hydrogen (secondary N) is 1. The maximum absolute atomic E-state index is 12.6. The average Bonchev–Trinajstić information content (AvgIpc) is 2.11. The normalized spacial score (nSPS) is 32.6. The predicted molar refractivity (Wildman–Crippen MR) is 55.3 cm³/mol. The minimum atomic E-state index is -2.42. The van der Waals surface area contributed by atoms with Crippen LogP contribution >= 0.6 is 0 Å². The number of halogens is 2. The predicted octanol–water partition coefficient (Wildman–Crippen LogP) is 0.231. The van der Waals surface area contributed by atoms with Gasteiger partial charge in [0.2, 0.25) is 0 Å². The second-order valence-electron chi connectivity index (χ2n) is 4.77. The van der Waals surface area contributed by atoms with Gasteiger partial charge >= 0.3 is 0 Å². The van der Waals surface area contributed by atoms with E-state index in [1.54, 1.807) is 0 Å². The van der Waals surface area contributed by atoms with E-state index in [1.165, 1.54) is 0 Å². The van der Waals surface area contributed by atoms with Crippen LogP contribution in [0.15, 0.2) is 0 Å². The number of rotatable bonds is 3. The maximum Gasteiger partial charge on any atom is 0.272 e. The molecule has 15 heavy (non-hydrogen) atoms. The Kier molecular flexibility index (Phi) is 3.23. The van der Waals surface area contributed by atoms with E-state index in [1.807, 2.05) is 4.90 Å². The molecule has 0 aromatic heterocycles. The van der Waals surface area contributed by atoms with Crippen LogP contribution < -0.4 is 5.32 Å². The van der Waals surface area contributed by atoms with E-state index in [4.69, 9.17) is 0 Å². The Balaban J connectivity index is 1.62. The summed E-state index contributed by atoms with van der Waals surface area (Å²) in [4.78, 5) is 4.11. The van der Waals surface area contributed by atoms with Gasteiger partial charge in [0.05, 0.1) is 13.1 Å². The van der Waals surface area contributed by atoms with Crippen LogP contribution in [-0.2, 0) is 0 Å². The minimum absolute atomic E-state index is 0.0461. The van der Waals surface area contributed by atoms with Gasteiger partial charge in [-0.15, -0.1) is 0 Å². The van der Waals surface area contributed by atoms with E-state index < -0.39 is 5.92 Å². The van der Waals surface area contributed by atoms with Gasteiger partial charge in [-0.2, -0.15) is 0 Å². The standard InChI is InChI=1S/C10H19F2N3/c1-14-5-3-13-9(6-14)2-4-15-7-10(11,12)8-15/h9,13H,2-8H2,1H3/t9-/m0/s1. The molecule has 0 saturated carbocycles. The molecule has 1 N–H and O–H groups in total. The van der Waals surface area contributed by atoms with Gasteiger partial charge in [-0.1, -0.05) is 0 Å². The summed E-state index contributed by atoms with van der Waals surface area (Å²) in [5.74, 6) is -2.42. The highest BCUT2D eigenvalue weighted by Crippen LogP contribution is 2.26.